The summed E-state index contributed by atoms with van der Waals surface area (Å²) in [6.45, 7) is 2.78. The van der Waals surface area contributed by atoms with Crippen LogP contribution in [0, 0.1) is 11.8 Å². The van der Waals surface area contributed by atoms with Crippen LogP contribution in [0.15, 0.2) is 18.3 Å². The monoisotopic (exact) mass is 232 g/mol. The van der Waals surface area contributed by atoms with Gasteiger partial charge in [0.15, 0.2) is 0 Å². The molecule has 0 radical (unpaired) electrons. The molecule has 17 heavy (non-hydrogen) atoms. The van der Waals surface area contributed by atoms with Gasteiger partial charge >= 0.3 is 0 Å². The van der Waals surface area contributed by atoms with Gasteiger partial charge in [0.1, 0.15) is 5.82 Å². The van der Waals surface area contributed by atoms with E-state index >= 15 is 0 Å². The fourth-order valence-corrected chi connectivity index (χ4v) is 2.72. The lowest BCUT2D eigenvalue weighted by Gasteiger charge is -2.34. The lowest BCUT2D eigenvalue weighted by atomic mass is 9.88. The fraction of sp³-hybridized carbons (Fsp3) is 0.500. The summed E-state index contributed by atoms with van der Waals surface area (Å²) in [5.41, 5.74) is 6.41. The van der Waals surface area contributed by atoms with E-state index in [2.05, 4.69) is 10.3 Å². The summed E-state index contributed by atoms with van der Waals surface area (Å²) in [5.74, 6) is 1.77. The van der Waals surface area contributed by atoms with E-state index in [0.29, 0.717) is 24.1 Å². The van der Waals surface area contributed by atoms with Crippen molar-refractivity contribution in [3.63, 3.8) is 0 Å². The minimum absolute atomic E-state index is 0.196. The van der Waals surface area contributed by atoms with Gasteiger partial charge in [-0.2, -0.15) is 0 Å². The molecular formula is C12H16N4O. The summed E-state index contributed by atoms with van der Waals surface area (Å²) in [7, 11) is 0. The molecule has 2 atom stereocenters. The van der Waals surface area contributed by atoms with Crippen molar-refractivity contribution in [1.82, 2.24) is 10.3 Å². The van der Waals surface area contributed by atoms with Gasteiger partial charge in [-0.15, -0.1) is 0 Å². The molecule has 2 saturated heterocycles. The number of nitrogens with two attached hydrogens (primary N) is 1. The Morgan fingerprint density at radius 2 is 2.18 bits per heavy atom. The third-order valence-electron chi connectivity index (χ3n) is 3.72. The fourth-order valence-electron chi connectivity index (χ4n) is 2.72. The maximum absolute atomic E-state index is 12.1. The highest BCUT2D eigenvalue weighted by atomic mass is 16.2. The summed E-state index contributed by atoms with van der Waals surface area (Å²) < 4.78 is 0. The van der Waals surface area contributed by atoms with Gasteiger partial charge in [0, 0.05) is 13.0 Å². The largest absolute Gasteiger partial charge is 0.384 e. The summed E-state index contributed by atoms with van der Waals surface area (Å²) in [5, 5.41) is 3.35. The van der Waals surface area contributed by atoms with Crippen molar-refractivity contribution in [3.8, 4) is 0 Å². The molecule has 2 aliphatic heterocycles. The topological polar surface area (TPSA) is 71.2 Å². The van der Waals surface area contributed by atoms with Gasteiger partial charge in [-0.25, -0.2) is 4.98 Å². The highest BCUT2D eigenvalue weighted by molar-refractivity contribution is 5.94. The smallest absolute Gasteiger partial charge is 0.227 e. The van der Waals surface area contributed by atoms with Crippen LogP contribution in [0.5, 0.6) is 0 Å². The Morgan fingerprint density at radius 1 is 1.35 bits per heavy atom. The quantitative estimate of drug-likeness (QED) is 0.727. The van der Waals surface area contributed by atoms with Gasteiger partial charge in [-0.3, -0.25) is 4.79 Å². The minimum atomic E-state index is 0.196. The van der Waals surface area contributed by atoms with Crippen LogP contribution in [0.3, 0.4) is 0 Å². The first-order chi connectivity index (χ1) is 8.24. The molecule has 1 aromatic heterocycles. The number of carbonyl (C=O) groups excluding carboxylic acids is 1. The molecule has 0 unspecified atom stereocenters. The Balaban J connectivity index is 1.83. The lowest BCUT2D eigenvalue weighted by Crippen LogP contribution is -2.44. The van der Waals surface area contributed by atoms with Crippen LogP contribution in [-0.2, 0) is 4.79 Å². The number of amides is 1. The van der Waals surface area contributed by atoms with Crippen LogP contribution in [0.2, 0.25) is 0 Å². The van der Waals surface area contributed by atoms with Crippen LogP contribution in [0.1, 0.15) is 6.42 Å². The second kappa shape index (κ2) is 4.00. The number of aromatic nitrogens is 1. The number of anilines is 2. The molecule has 0 aliphatic carbocycles. The zero-order chi connectivity index (χ0) is 11.8. The predicted octanol–water partition coefficient (Wildman–Crippen LogP) is 0.236. The van der Waals surface area contributed by atoms with Crippen LogP contribution < -0.4 is 16.0 Å². The van der Waals surface area contributed by atoms with E-state index < -0.39 is 0 Å². The third-order valence-corrected chi connectivity index (χ3v) is 3.72. The van der Waals surface area contributed by atoms with Gasteiger partial charge in [0.05, 0.1) is 11.9 Å². The first kappa shape index (κ1) is 10.5. The molecule has 2 fully saturated rings. The molecule has 1 aromatic rings. The number of hydrogen-bond donors (Lipinski definition) is 2. The highest BCUT2D eigenvalue weighted by Crippen LogP contribution is 2.30. The molecule has 3 N–H and O–H groups in total. The number of fused-ring (bicyclic) bond motifs is 1. The van der Waals surface area contributed by atoms with E-state index in [1.165, 1.54) is 0 Å². The van der Waals surface area contributed by atoms with Crippen LogP contribution in [0.25, 0.3) is 0 Å². The lowest BCUT2D eigenvalue weighted by molar-refractivity contribution is -0.121. The van der Waals surface area contributed by atoms with Crippen molar-refractivity contribution < 1.29 is 4.79 Å². The second-order valence-corrected chi connectivity index (χ2v) is 4.83. The molecule has 0 spiro atoms. The number of nitrogen functional groups attached to an aromatic ring is 1. The van der Waals surface area contributed by atoms with Gasteiger partial charge in [0.2, 0.25) is 5.91 Å². The molecule has 90 valence electrons. The second-order valence-electron chi connectivity index (χ2n) is 4.83. The molecule has 0 saturated carbocycles. The van der Waals surface area contributed by atoms with Crippen molar-refractivity contribution in [1.29, 1.82) is 0 Å². The molecule has 2 aliphatic rings. The van der Waals surface area contributed by atoms with Crippen LogP contribution in [-0.4, -0.2) is 30.5 Å². The summed E-state index contributed by atoms with van der Waals surface area (Å²) in [4.78, 5) is 17.9. The van der Waals surface area contributed by atoms with E-state index in [1.807, 2.05) is 11.0 Å². The van der Waals surface area contributed by atoms with E-state index in [1.54, 1.807) is 12.3 Å². The Hall–Kier alpha value is -1.62. The van der Waals surface area contributed by atoms with Crippen LogP contribution >= 0.6 is 0 Å². The van der Waals surface area contributed by atoms with Gasteiger partial charge in [-0.05, 0) is 37.1 Å². The number of rotatable bonds is 1. The molecule has 0 bridgehead atoms. The molecule has 5 nitrogen and oxygen atoms in total. The van der Waals surface area contributed by atoms with Crippen molar-refractivity contribution in [2.75, 3.05) is 30.3 Å². The van der Waals surface area contributed by atoms with Crippen molar-refractivity contribution in [3.05, 3.63) is 18.3 Å². The van der Waals surface area contributed by atoms with Gasteiger partial charge < -0.3 is 16.0 Å². The maximum atomic E-state index is 12.1. The molecule has 3 heterocycles. The molecule has 0 aromatic carbocycles. The summed E-state index contributed by atoms with van der Waals surface area (Å²) in [6.07, 6.45) is 2.32. The zero-order valence-corrected chi connectivity index (χ0v) is 9.60. The molecular weight excluding hydrogens is 216 g/mol. The number of nitrogens with one attached hydrogen (secondary N) is 1. The minimum Gasteiger partial charge on any atom is -0.384 e. The predicted molar refractivity (Wildman–Crippen MR) is 65.5 cm³/mol. The van der Waals surface area contributed by atoms with Crippen molar-refractivity contribution in [2.45, 2.75) is 6.42 Å². The number of hydrogen-bond acceptors (Lipinski definition) is 4. The molecule has 5 heteroatoms. The molecule has 1 amide bonds. The zero-order valence-electron chi connectivity index (χ0n) is 9.60. The maximum Gasteiger partial charge on any atom is 0.227 e. The Kier molecular flexibility index (Phi) is 2.48. The van der Waals surface area contributed by atoms with E-state index in [9.17, 15) is 4.79 Å². The van der Waals surface area contributed by atoms with Crippen molar-refractivity contribution >= 4 is 17.4 Å². The van der Waals surface area contributed by atoms with Crippen LogP contribution in [0.4, 0.5) is 11.5 Å². The number of nitrogens with zero attached hydrogens (tertiary/aromatic N) is 2. The number of carbonyl (C=O) groups is 1. The first-order valence-electron chi connectivity index (χ1n) is 5.96. The standard InChI is InChI=1S/C12H16N4O/c13-11-2-1-10(6-15-11)16-7-9-5-14-4-8(9)3-12(16)17/h1-2,6,8-9,14H,3-5,7H2,(H2,13,15)/t8-,9-/m0/s1. The average Bonchev–Trinajstić information content (AvgIpc) is 2.76. The molecule has 3 rings (SSSR count). The highest BCUT2D eigenvalue weighted by Gasteiger charge is 2.37. The van der Waals surface area contributed by atoms with E-state index in [4.69, 9.17) is 5.73 Å². The first-order valence-corrected chi connectivity index (χ1v) is 5.96. The Labute approximate surface area is 100 Å². The summed E-state index contributed by atoms with van der Waals surface area (Å²) in [6, 6.07) is 3.60. The third kappa shape index (κ3) is 1.86. The average molecular weight is 232 g/mol. The van der Waals surface area contributed by atoms with Gasteiger partial charge in [-0.1, -0.05) is 0 Å². The summed E-state index contributed by atoms with van der Waals surface area (Å²) >= 11 is 0. The number of piperidine rings is 1. The van der Waals surface area contributed by atoms with Crippen molar-refractivity contribution in [2.24, 2.45) is 11.8 Å². The Morgan fingerprint density at radius 3 is 2.94 bits per heavy atom. The van der Waals surface area contributed by atoms with Gasteiger partial charge in [0.25, 0.3) is 0 Å². The van der Waals surface area contributed by atoms with E-state index in [0.717, 1.165) is 25.3 Å². The normalized spacial score (nSPS) is 28.2. The Bertz CT molecular complexity index is 431. The SMILES string of the molecule is Nc1ccc(N2C[C@@H]3CNC[C@@H]3CC2=O)cn1. The number of pyridine rings is 1. The van der Waals surface area contributed by atoms with E-state index in [-0.39, 0.29) is 5.91 Å².